The molecule has 1 unspecified atom stereocenters. The topological polar surface area (TPSA) is 26.3 Å². The fourth-order valence-electron chi connectivity index (χ4n) is 1.01. The lowest BCUT2D eigenvalue weighted by molar-refractivity contribution is -0.153. The van der Waals surface area contributed by atoms with Crippen LogP contribution in [0.4, 0.5) is 22.0 Å². The molecular formula is C11H7F5O2. The van der Waals surface area contributed by atoms with E-state index >= 15 is 0 Å². The minimum absolute atomic E-state index is 0.0735. The number of carbonyl (C=O) groups is 1. The highest BCUT2D eigenvalue weighted by Gasteiger charge is 2.26. The highest BCUT2D eigenvalue weighted by Crippen LogP contribution is 2.27. The second kappa shape index (κ2) is 5.16. The van der Waals surface area contributed by atoms with Gasteiger partial charge in [0.25, 0.3) is 6.36 Å². The molecule has 1 aromatic rings. The molecule has 0 fully saturated rings. The molecular weight excluding hydrogens is 259 g/mol. The molecule has 0 amide bonds. The smallest absolute Gasteiger partial charge is 0.335 e. The standard InChI is InChI=1S/C11H7F5O2/c1-4(2)11(17)18-10(16)5-3-6(12)8(14)9(15)7(5)13/h3,10H,1H2,2H3. The van der Waals surface area contributed by atoms with Gasteiger partial charge in [0.2, 0.25) is 0 Å². The minimum Gasteiger partial charge on any atom is -0.423 e. The first-order valence-electron chi connectivity index (χ1n) is 4.59. The number of carbonyl (C=O) groups excluding carboxylic acids is 1. The van der Waals surface area contributed by atoms with Crippen LogP contribution < -0.4 is 0 Å². The third kappa shape index (κ3) is 2.66. The van der Waals surface area contributed by atoms with E-state index in [4.69, 9.17) is 0 Å². The van der Waals surface area contributed by atoms with Gasteiger partial charge in [0.05, 0.1) is 5.56 Å². The Kier molecular flexibility index (Phi) is 4.05. The van der Waals surface area contributed by atoms with Crippen molar-refractivity contribution in [2.75, 3.05) is 0 Å². The zero-order chi connectivity index (χ0) is 14.0. The van der Waals surface area contributed by atoms with Crippen LogP contribution in [0.25, 0.3) is 0 Å². The van der Waals surface area contributed by atoms with E-state index in [0.717, 1.165) is 0 Å². The van der Waals surface area contributed by atoms with Crippen molar-refractivity contribution in [2.45, 2.75) is 13.3 Å². The molecule has 0 spiro atoms. The van der Waals surface area contributed by atoms with Gasteiger partial charge in [0, 0.05) is 5.57 Å². The van der Waals surface area contributed by atoms with Crippen molar-refractivity contribution >= 4 is 5.97 Å². The number of halogens is 5. The Labute approximate surface area is 98.7 Å². The second-order valence-corrected chi connectivity index (χ2v) is 3.39. The molecule has 0 aliphatic rings. The van der Waals surface area contributed by atoms with Crippen molar-refractivity contribution in [3.63, 3.8) is 0 Å². The number of ether oxygens (including phenoxy) is 1. The van der Waals surface area contributed by atoms with Gasteiger partial charge in [0.1, 0.15) is 0 Å². The van der Waals surface area contributed by atoms with Gasteiger partial charge < -0.3 is 4.74 Å². The largest absolute Gasteiger partial charge is 0.423 e. The van der Waals surface area contributed by atoms with Gasteiger partial charge in [-0.3, -0.25) is 0 Å². The average Bonchev–Trinajstić information content (AvgIpc) is 2.30. The maximum Gasteiger partial charge on any atom is 0.335 e. The van der Waals surface area contributed by atoms with Crippen LogP contribution in [0.1, 0.15) is 18.8 Å². The van der Waals surface area contributed by atoms with Gasteiger partial charge in [-0.05, 0) is 13.0 Å². The van der Waals surface area contributed by atoms with Crippen LogP contribution in [0.5, 0.6) is 0 Å². The fourth-order valence-corrected chi connectivity index (χ4v) is 1.01. The van der Waals surface area contributed by atoms with Crippen LogP contribution in [-0.4, -0.2) is 5.97 Å². The van der Waals surface area contributed by atoms with Gasteiger partial charge in [-0.2, -0.15) is 4.39 Å². The Morgan fingerprint density at radius 2 is 1.78 bits per heavy atom. The molecule has 0 heterocycles. The van der Waals surface area contributed by atoms with Gasteiger partial charge in [0.15, 0.2) is 23.3 Å². The summed E-state index contributed by atoms with van der Waals surface area (Å²) < 4.78 is 68.6. The van der Waals surface area contributed by atoms with Gasteiger partial charge in [-0.25, -0.2) is 22.4 Å². The maximum absolute atomic E-state index is 13.3. The lowest BCUT2D eigenvalue weighted by Gasteiger charge is -2.11. The quantitative estimate of drug-likeness (QED) is 0.276. The number of benzene rings is 1. The van der Waals surface area contributed by atoms with Crippen LogP contribution in [-0.2, 0) is 9.53 Å². The van der Waals surface area contributed by atoms with Crippen molar-refractivity contribution < 1.29 is 31.5 Å². The number of alkyl halides is 1. The summed E-state index contributed by atoms with van der Waals surface area (Å²) in [5.74, 6) is -9.23. The number of esters is 1. The van der Waals surface area contributed by atoms with Gasteiger partial charge >= 0.3 is 5.97 Å². The molecule has 0 radical (unpaired) electrons. The SMILES string of the molecule is C=C(C)C(=O)OC(F)c1cc(F)c(F)c(F)c1F. The second-order valence-electron chi connectivity index (χ2n) is 3.39. The lowest BCUT2D eigenvalue weighted by Crippen LogP contribution is -2.11. The zero-order valence-electron chi connectivity index (χ0n) is 9.07. The predicted octanol–water partition coefficient (Wildman–Crippen LogP) is 3.33. The van der Waals surface area contributed by atoms with Gasteiger partial charge in [-0.1, -0.05) is 6.58 Å². The van der Waals surface area contributed by atoms with Crippen molar-refractivity contribution in [3.8, 4) is 0 Å². The van der Waals surface area contributed by atoms with E-state index in [1.54, 1.807) is 0 Å². The molecule has 1 atom stereocenters. The number of hydrogen-bond donors (Lipinski definition) is 0. The van der Waals surface area contributed by atoms with Crippen LogP contribution in [0.2, 0.25) is 0 Å². The monoisotopic (exact) mass is 266 g/mol. The van der Waals surface area contributed by atoms with Crippen LogP contribution >= 0.6 is 0 Å². The molecule has 0 aliphatic carbocycles. The Hall–Kier alpha value is -1.92. The van der Waals surface area contributed by atoms with E-state index in [1.165, 1.54) is 6.92 Å². The van der Waals surface area contributed by atoms with E-state index < -0.39 is 41.2 Å². The molecule has 98 valence electrons. The first-order valence-corrected chi connectivity index (χ1v) is 4.59. The summed E-state index contributed by atoms with van der Waals surface area (Å²) in [5.41, 5.74) is -1.44. The average molecular weight is 266 g/mol. The molecule has 0 saturated heterocycles. The normalized spacial score (nSPS) is 12.1. The first kappa shape index (κ1) is 14.1. The van der Waals surface area contributed by atoms with E-state index in [1.807, 2.05) is 0 Å². The van der Waals surface area contributed by atoms with Crippen molar-refractivity contribution in [2.24, 2.45) is 0 Å². The highest BCUT2D eigenvalue weighted by molar-refractivity contribution is 5.87. The predicted molar refractivity (Wildman–Crippen MR) is 51.0 cm³/mol. The molecule has 2 nitrogen and oxygen atoms in total. The van der Waals surface area contributed by atoms with Crippen molar-refractivity contribution in [3.05, 3.63) is 47.1 Å². The summed E-state index contributed by atoms with van der Waals surface area (Å²) >= 11 is 0. The Balaban J connectivity index is 3.11. The lowest BCUT2D eigenvalue weighted by atomic mass is 10.2. The molecule has 0 bridgehead atoms. The molecule has 1 aromatic carbocycles. The number of hydrogen-bond acceptors (Lipinski definition) is 2. The van der Waals surface area contributed by atoms with Gasteiger partial charge in [-0.15, -0.1) is 0 Å². The van der Waals surface area contributed by atoms with E-state index in [0.29, 0.717) is 0 Å². The third-order valence-corrected chi connectivity index (χ3v) is 1.93. The first-order chi connectivity index (χ1) is 8.25. The summed E-state index contributed by atoms with van der Waals surface area (Å²) in [6.07, 6.45) is -2.77. The maximum atomic E-state index is 13.3. The Bertz CT molecular complexity index is 513. The summed E-state index contributed by atoms with van der Waals surface area (Å²) in [6.45, 7) is 4.32. The number of rotatable bonds is 3. The van der Waals surface area contributed by atoms with Crippen LogP contribution in [0.15, 0.2) is 18.2 Å². The molecule has 18 heavy (non-hydrogen) atoms. The summed E-state index contributed by atoms with van der Waals surface area (Å²) in [6, 6.07) is 0.0735. The Morgan fingerprint density at radius 1 is 1.22 bits per heavy atom. The zero-order valence-corrected chi connectivity index (χ0v) is 9.07. The minimum atomic E-state index is -2.77. The fraction of sp³-hybridized carbons (Fsp3) is 0.182. The third-order valence-electron chi connectivity index (χ3n) is 1.93. The molecule has 0 saturated carbocycles. The molecule has 0 aromatic heterocycles. The molecule has 0 aliphatic heterocycles. The summed E-state index contributed by atoms with van der Waals surface area (Å²) in [4.78, 5) is 10.9. The molecule has 1 rings (SSSR count). The summed E-state index contributed by atoms with van der Waals surface area (Å²) in [7, 11) is 0. The van der Waals surface area contributed by atoms with Crippen LogP contribution in [0.3, 0.4) is 0 Å². The van der Waals surface area contributed by atoms with E-state index in [2.05, 4.69) is 11.3 Å². The van der Waals surface area contributed by atoms with Crippen LogP contribution in [0, 0.1) is 23.3 Å². The van der Waals surface area contributed by atoms with Crippen molar-refractivity contribution in [1.29, 1.82) is 0 Å². The van der Waals surface area contributed by atoms with E-state index in [-0.39, 0.29) is 11.6 Å². The Morgan fingerprint density at radius 3 is 2.28 bits per heavy atom. The van der Waals surface area contributed by atoms with Crippen molar-refractivity contribution in [1.82, 2.24) is 0 Å². The highest BCUT2D eigenvalue weighted by atomic mass is 19.2. The molecule has 0 N–H and O–H groups in total. The molecule has 7 heteroatoms. The van der Waals surface area contributed by atoms with E-state index in [9.17, 15) is 26.7 Å². The summed E-state index contributed by atoms with van der Waals surface area (Å²) in [5, 5.41) is 0.